The van der Waals surface area contributed by atoms with Gasteiger partial charge in [0, 0.05) is 20.8 Å². The van der Waals surface area contributed by atoms with Crippen LogP contribution >= 0.6 is 27.3 Å². The Morgan fingerprint density at radius 1 is 1.62 bits per heavy atom. The lowest BCUT2D eigenvalue weighted by Crippen LogP contribution is -2.23. The Kier molecular flexibility index (Phi) is 5.39. The highest BCUT2D eigenvalue weighted by atomic mass is 79.9. The lowest BCUT2D eigenvalue weighted by Gasteiger charge is -2.11. The van der Waals surface area contributed by atoms with E-state index in [1.165, 1.54) is 4.88 Å². The molecule has 0 bridgehead atoms. The normalized spacial score (nSPS) is 13.9. The van der Waals surface area contributed by atoms with Crippen LogP contribution in [0.25, 0.3) is 0 Å². The van der Waals surface area contributed by atoms with E-state index in [9.17, 15) is 8.42 Å². The van der Waals surface area contributed by atoms with Crippen LogP contribution in [-0.2, 0) is 10.0 Å². The summed E-state index contributed by atoms with van der Waals surface area (Å²) in [6.45, 7) is 2.70. The molecule has 1 aromatic rings. The van der Waals surface area contributed by atoms with E-state index >= 15 is 0 Å². The van der Waals surface area contributed by atoms with Gasteiger partial charge in [-0.1, -0.05) is 0 Å². The number of nitrogens with one attached hydrogen (secondary N) is 1. The lowest BCUT2D eigenvalue weighted by atomic mass is 10.2. The molecule has 0 aliphatic carbocycles. The van der Waals surface area contributed by atoms with Crippen LogP contribution in [0.3, 0.4) is 0 Å². The van der Waals surface area contributed by atoms with E-state index in [2.05, 4.69) is 34.2 Å². The molecule has 16 heavy (non-hydrogen) atoms. The van der Waals surface area contributed by atoms with Gasteiger partial charge in [0.1, 0.15) is 0 Å². The molecule has 0 aliphatic heterocycles. The van der Waals surface area contributed by atoms with E-state index in [1.807, 2.05) is 5.38 Å². The Bertz CT molecular complexity index is 430. The first-order chi connectivity index (χ1) is 7.38. The number of sulfonamides is 1. The molecule has 0 spiro atoms. The summed E-state index contributed by atoms with van der Waals surface area (Å²) < 4.78 is 22.5. The number of rotatable bonds is 6. The van der Waals surface area contributed by atoms with E-state index in [0.29, 0.717) is 13.0 Å². The van der Waals surface area contributed by atoms with Crippen LogP contribution in [0.5, 0.6) is 0 Å². The molecule has 1 aromatic heterocycles. The van der Waals surface area contributed by atoms with E-state index in [4.69, 9.17) is 5.14 Å². The summed E-state index contributed by atoms with van der Waals surface area (Å²) >= 11 is 5.06. The molecule has 7 heteroatoms. The number of halogens is 1. The van der Waals surface area contributed by atoms with Gasteiger partial charge in [-0.25, -0.2) is 13.6 Å². The standard InChI is InChI=1S/C9H15BrN2O2S2/c1-7(9-5-8(10)6-15-9)12-3-2-4-16(11,13)14/h5-7,12H,2-4H2,1H3,(H2,11,13,14). The molecule has 0 radical (unpaired) electrons. The monoisotopic (exact) mass is 326 g/mol. The molecule has 0 aliphatic rings. The summed E-state index contributed by atoms with van der Waals surface area (Å²) in [4.78, 5) is 1.22. The zero-order chi connectivity index (χ0) is 12.2. The topological polar surface area (TPSA) is 72.2 Å². The van der Waals surface area contributed by atoms with Crippen molar-refractivity contribution in [3.8, 4) is 0 Å². The number of hydrogen-bond acceptors (Lipinski definition) is 4. The summed E-state index contributed by atoms with van der Waals surface area (Å²) in [6.07, 6.45) is 0.537. The van der Waals surface area contributed by atoms with Crippen molar-refractivity contribution < 1.29 is 8.42 Å². The Labute approximate surface area is 108 Å². The highest BCUT2D eigenvalue weighted by Crippen LogP contribution is 2.25. The van der Waals surface area contributed by atoms with Crippen molar-refractivity contribution >= 4 is 37.3 Å². The van der Waals surface area contributed by atoms with Crippen LogP contribution in [0.4, 0.5) is 0 Å². The number of primary sulfonamides is 1. The first kappa shape index (κ1) is 14.1. The largest absolute Gasteiger partial charge is 0.309 e. The molecule has 0 saturated carbocycles. The minimum absolute atomic E-state index is 0.0286. The van der Waals surface area contributed by atoms with Crippen LogP contribution in [0.15, 0.2) is 15.9 Å². The quantitative estimate of drug-likeness (QED) is 0.783. The lowest BCUT2D eigenvalue weighted by molar-refractivity contribution is 0.565. The summed E-state index contributed by atoms with van der Waals surface area (Å²) in [6, 6.07) is 2.29. The predicted molar refractivity (Wildman–Crippen MR) is 71.0 cm³/mol. The molecule has 92 valence electrons. The van der Waals surface area contributed by atoms with E-state index in [1.54, 1.807) is 11.3 Å². The minimum atomic E-state index is -3.33. The minimum Gasteiger partial charge on any atom is -0.309 e. The van der Waals surface area contributed by atoms with Gasteiger partial charge < -0.3 is 5.32 Å². The van der Waals surface area contributed by atoms with Gasteiger partial charge in [0.15, 0.2) is 0 Å². The third kappa shape index (κ3) is 5.40. The SMILES string of the molecule is CC(NCCCS(N)(=O)=O)c1cc(Br)cs1. The van der Waals surface area contributed by atoms with Crippen LogP contribution in [-0.4, -0.2) is 20.7 Å². The van der Waals surface area contributed by atoms with E-state index in [0.717, 1.165) is 4.47 Å². The number of hydrogen-bond donors (Lipinski definition) is 2. The molecule has 0 amide bonds. The second-order valence-electron chi connectivity index (χ2n) is 3.56. The van der Waals surface area contributed by atoms with Crippen molar-refractivity contribution in [2.45, 2.75) is 19.4 Å². The van der Waals surface area contributed by atoms with Crippen molar-refractivity contribution in [2.24, 2.45) is 5.14 Å². The summed E-state index contributed by atoms with van der Waals surface area (Å²) in [5.41, 5.74) is 0. The Morgan fingerprint density at radius 2 is 2.31 bits per heavy atom. The van der Waals surface area contributed by atoms with Crippen molar-refractivity contribution in [3.63, 3.8) is 0 Å². The van der Waals surface area contributed by atoms with Crippen molar-refractivity contribution in [2.75, 3.05) is 12.3 Å². The fourth-order valence-corrected chi connectivity index (χ4v) is 3.27. The van der Waals surface area contributed by atoms with Gasteiger partial charge in [0.05, 0.1) is 5.75 Å². The Hall–Kier alpha value is 0.0500. The van der Waals surface area contributed by atoms with Crippen molar-refractivity contribution in [1.82, 2.24) is 5.32 Å². The van der Waals surface area contributed by atoms with Gasteiger partial charge in [0.2, 0.25) is 10.0 Å². The Balaban J connectivity index is 2.28. The fourth-order valence-electron chi connectivity index (χ4n) is 1.25. The third-order valence-electron chi connectivity index (χ3n) is 2.07. The molecular weight excluding hydrogens is 312 g/mol. The maximum Gasteiger partial charge on any atom is 0.209 e. The molecule has 1 unspecified atom stereocenters. The van der Waals surface area contributed by atoms with Gasteiger partial charge in [0.25, 0.3) is 0 Å². The molecule has 3 N–H and O–H groups in total. The molecule has 4 nitrogen and oxygen atoms in total. The summed E-state index contributed by atoms with van der Waals surface area (Å²) in [7, 11) is -3.33. The molecule has 0 saturated heterocycles. The van der Waals surface area contributed by atoms with Gasteiger partial charge in [-0.15, -0.1) is 11.3 Å². The highest BCUT2D eigenvalue weighted by Gasteiger charge is 2.08. The van der Waals surface area contributed by atoms with Gasteiger partial charge in [-0.05, 0) is 41.9 Å². The predicted octanol–water partition coefficient (Wildman–Crippen LogP) is 1.84. The average molecular weight is 327 g/mol. The second-order valence-corrected chi connectivity index (χ2v) is 7.16. The molecule has 0 aromatic carbocycles. The third-order valence-corrected chi connectivity index (χ3v) is 4.80. The average Bonchev–Trinajstić information content (AvgIpc) is 2.57. The molecular formula is C9H15BrN2O2S2. The number of nitrogens with two attached hydrogens (primary N) is 1. The summed E-state index contributed by atoms with van der Waals surface area (Å²) in [5, 5.41) is 10.2. The molecule has 1 atom stereocenters. The van der Waals surface area contributed by atoms with Crippen LogP contribution < -0.4 is 10.5 Å². The maximum absolute atomic E-state index is 10.7. The van der Waals surface area contributed by atoms with E-state index < -0.39 is 10.0 Å². The molecule has 1 heterocycles. The smallest absolute Gasteiger partial charge is 0.209 e. The van der Waals surface area contributed by atoms with Crippen LogP contribution in [0.2, 0.25) is 0 Å². The molecule has 1 rings (SSSR count). The first-order valence-corrected chi connectivity index (χ1v) is 8.25. The van der Waals surface area contributed by atoms with Crippen LogP contribution in [0.1, 0.15) is 24.3 Å². The van der Waals surface area contributed by atoms with Crippen LogP contribution in [0, 0.1) is 0 Å². The van der Waals surface area contributed by atoms with Gasteiger partial charge in [-0.2, -0.15) is 0 Å². The number of thiophene rings is 1. The zero-order valence-electron chi connectivity index (χ0n) is 8.94. The summed E-state index contributed by atoms with van der Waals surface area (Å²) in [5.74, 6) is 0.0286. The highest BCUT2D eigenvalue weighted by molar-refractivity contribution is 9.10. The molecule has 0 fully saturated rings. The Morgan fingerprint density at radius 3 is 2.81 bits per heavy atom. The second kappa shape index (κ2) is 6.11. The maximum atomic E-state index is 10.7. The van der Waals surface area contributed by atoms with Crippen molar-refractivity contribution in [1.29, 1.82) is 0 Å². The van der Waals surface area contributed by atoms with Gasteiger partial charge >= 0.3 is 0 Å². The van der Waals surface area contributed by atoms with Crippen molar-refractivity contribution in [3.05, 3.63) is 20.8 Å². The van der Waals surface area contributed by atoms with Gasteiger partial charge in [-0.3, -0.25) is 0 Å². The van der Waals surface area contributed by atoms with E-state index in [-0.39, 0.29) is 11.8 Å². The first-order valence-electron chi connectivity index (χ1n) is 4.86. The zero-order valence-corrected chi connectivity index (χ0v) is 12.2. The fraction of sp³-hybridized carbons (Fsp3) is 0.556.